The molecular formula is C18H18N4O2. The molecule has 3 rings (SSSR count). The fourth-order valence-corrected chi connectivity index (χ4v) is 2.33. The zero-order valence-electron chi connectivity index (χ0n) is 13.3. The molecule has 0 saturated carbocycles. The summed E-state index contributed by atoms with van der Waals surface area (Å²) < 4.78 is 5.44. The molecule has 1 N–H and O–H groups in total. The number of para-hydroxylation sites is 1. The van der Waals surface area contributed by atoms with Gasteiger partial charge >= 0.3 is 0 Å². The van der Waals surface area contributed by atoms with Crippen LogP contribution in [0, 0.1) is 0 Å². The summed E-state index contributed by atoms with van der Waals surface area (Å²) in [6.45, 7) is 0.359. The fourth-order valence-electron chi connectivity index (χ4n) is 2.33. The Morgan fingerprint density at radius 2 is 1.79 bits per heavy atom. The molecule has 3 aromatic rings. The zero-order chi connectivity index (χ0) is 16.8. The highest BCUT2D eigenvalue weighted by molar-refractivity contribution is 5.91. The minimum absolute atomic E-state index is 0.209. The van der Waals surface area contributed by atoms with Crippen LogP contribution in [0.15, 0.2) is 66.9 Å². The van der Waals surface area contributed by atoms with Crippen molar-refractivity contribution in [1.82, 2.24) is 20.3 Å². The number of methoxy groups -OCH3 is 1. The van der Waals surface area contributed by atoms with Gasteiger partial charge in [-0.15, -0.1) is 5.10 Å². The largest absolute Gasteiger partial charge is 0.375 e. The van der Waals surface area contributed by atoms with E-state index >= 15 is 0 Å². The van der Waals surface area contributed by atoms with Crippen molar-refractivity contribution in [3.05, 3.63) is 78.1 Å². The molecule has 0 aliphatic heterocycles. The smallest absolute Gasteiger partial charge is 0.273 e. The second-order valence-corrected chi connectivity index (χ2v) is 5.20. The van der Waals surface area contributed by atoms with E-state index in [-0.39, 0.29) is 17.7 Å². The van der Waals surface area contributed by atoms with Gasteiger partial charge in [0.05, 0.1) is 18.0 Å². The highest BCUT2D eigenvalue weighted by atomic mass is 16.5. The lowest BCUT2D eigenvalue weighted by Crippen LogP contribution is -2.29. The SMILES string of the molecule is COC(CNC(=O)c1cnn(-c2ccccc2)n1)c1ccccc1. The van der Waals surface area contributed by atoms with Crippen LogP contribution >= 0.6 is 0 Å². The summed E-state index contributed by atoms with van der Waals surface area (Å²) in [4.78, 5) is 13.7. The van der Waals surface area contributed by atoms with Crippen LogP contribution in [0.5, 0.6) is 0 Å². The standard InChI is InChI=1S/C18H18N4O2/c1-24-17(14-8-4-2-5-9-14)13-19-18(23)16-12-20-22(21-16)15-10-6-3-7-11-15/h2-12,17H,13H2,1H3,(H,19,23). The second-order valence-electron chi connectivity index (χ2n) is 5.20. The topological polar surface area (TPSA) is 69.0 Å². The predicted molar refractivity (Wildman–Crippen MR) is 89.9 cm³/mol. The lowest BCUT2D eigenvalue weighted by Gasteiger charge is -2.15. The van der Waals surface area contributed by atoms with Crippen LogP contribution < -0.4 is 5.32 Å². The summed E-state index contributed by atoms with van der Waals surface area (Å²) >= 11 is 0. The van der Waals surface area contributed by atoms with Gasteiger partial charge in [0.25, 0.3) is 5.91 Å². The van der Waals surface area contributed by atoms with Gasteiger partial charge in [-0.3, -0.25) is 4.79 Å². The summed E-state index contributed by atoms with van der Waals surface area (Å²) in [5, 5.41) is 11.2. The number of hydrogen-bond acceptors (Lipinski definition) is 4. The maximum absolute atomic E-state index is 12.3. The number of hydrogen-bond donors (Lipinski definition) is 1. The van der Waals surface area contributed by atoms with Crippen molar-refractivity contribution in [3.8, 4) is 5.69 Å². The molecule has 1 heterocycles. The number of carbonyl (C=O) groups is 1. The fraction of sp³-hybridized carbons (Fsp3) is 0.167. The minimum Gasteiger partial charge on any atom is -0.375 e. The summed E-state index contributed by atoms with van der Waals surface area (Å²) in [5.74, 6) is -0.282. The molecule has 0 aliphatic rings. The highest BCUT2D eigenvalue weighted by Crippen LogP contribution is 2.15. The van der Waals surface area contributed by atoms with E-state index in [0.29, 0.717) is 6.54 Å². The zero-order valence-corrected chi connectivity index (χ0v) is 13.3. The number of carbonyl (C=O) groups excluding carboxylic acids is 1. The normalized spacial score (nSPS) is 11.9. The van der Waals surface area contributed by atoms with Crippen LogP contribution in [0.25, 0.3) is 5.69 Å². The Kier molecular flexibility index (Phi) is 4.98. The Morgan fingerprint density at radius 1 is 1.12 bits per heavy atom. The molecule has 1 unspecified atom stereocenters. The number of aromatic nitrogens is 3. The molecule has 122 valence electrons. The van der Waals surface area contributed by atoms with Crippen LogP contribution in [0.1, 0.15) is 22.2 Å². The third kappa shape index (κ3) is 3.67. The van der Waals surface area contributed by atoms with Gasteiger partial charge < -0.3 is 10.1 Å². The Labute approximate surface area is 140 Å². The number of amides is 1. The maximum atomic E-state index is 12.3. The number of nitrogens with zero attached hydrogens (tertiary/aromatic N) is 3. The van der Waals surface area contributed by atoms with Crippen LogP contribution in [-0.4, -0.2) is 34.6 Å². The predicted octanol–water partition coefficient (Wildman–Crippen LogP) is 2.38. The molecule has 24 heavy (non-hydrogen) atoms. The lowest BCUT2D eigenvalue weighted by atomic mass is 10.1. The van der Waals surface area contributed by atoms with Crippen molar-refractivity contribution in [1.29, 1.82) is 0 Å². The third-order valence-corrected chi connectivity index (χ3v) is 3.62. The molecule has 1 atom stereocenters. The summed E-state index contributed by atoms with van der Waals surface area (Å²) in [7, 11) is 1.62. The number of nitrogens with one attached hydrogen (secondary N) is 1. The summed E-state index contributed by atoms with van der Waals surface area (Å²) in [6.07, 6.45) is 1.24. The molecular weight excluding hydrogens is 304 g/mol. The van der Waals surface area contributed by atoms with Gasteiger partial charge in [-0.05, 0) is 17.7 Å². The average Bonchev–Trinajstić information content (AvgIpc) is 3.14. The molecule has 6 heteroatoms. The molecule has 0 bridgehead atoms. The molecule has 2 aromatic carbocycles. The minimum atomic E-state index is -0.282. The molecule has 0 fully saturated rings. The molecule has 6 nitrogen and oxygen atoms in total. The van der Waals surface area contributed by atoms with Gasteiger partial charge in [-0.2, -0.15) is 9.90 Å². The second kappa shape index (κ2) is 7.52. The molecule has 1 amide bonds. The first-order valence-corrected chi connectivity index (χ1v) is 7.61. The van der Waals surface area contributed by atoms with Gasteiger partial charge in [0.2, 0.25) is 0 Å². The van der Waals surface area contributed by atoms with Crippen molar-refractivity contribution in [2.45, 2.75) is 6.10 Å². The van der Waals surface area contributed by atoms with Gasteiger partial charge in [-0.25, -0.2) is 0 Å². The highest BCUT2D eigenvalue weighted by Gasteiger charge is 2.15. The van der Waals surface area contributed by atoms with Crippen LogP contribution in [0.3, 0.4) is 0 Å². The van der Waals surface area contributed by atoms with Crippen molar-refractivity contribution in [2.24, 2.45) is 0 Å². The maximum Gasteiger partial charge on any atom is 0.273 e. The van der Waals surface area contributed by atoms with E-state index in [9.17, 15) is 4.79 Å². The van der Waals surface area contributed by atoms with Crippen molar-refractivity contribution >= 4 is 5.91 Å². The Hall–Kier alpha value is -2.99. The first-order valence-electron chi connectivity index (χ1n) is 7.61. The van der Waals surface area contributed by atoms with E-state index in [1.165, 1.54) is 11.0 Å². The van der Waals surface area contributed by atoms with Gasteiger partial charge in [0.15, 0.2) is 5.69 Å². The average molecular weight is 322 g/mol. The molecule has 1 aromatic heterocycles. The lowest BCUT2D eigenvalue weighted by molar-refractivity contribution is 0.0824. The van der Waals surface area contributed by atoms with E-state index in [2.05, 4.69) is 15.5 Å². The first kappa shape index (κ1) is 15.9. The van der Waals surface area contributed by atoms with Crippen LogP contribution in [-0.2, 0) is 4.74 Å². The van der Waals surface area contributed by atoms with Gasteiger partial charge in [-0.1, -0.05) is 48.5 Å². The van der Waals surface area contributed by atoms with E-state index in [4.69, 9.17) is 4.74 Å². The summed E-state index contributed by atoms with van der Waals surface area (Å²) in [5.41, 5.74) is 2.07. The van der Waals surface area contributed by atoms with Crippen molar-refractivity contribution in [2.75, 3.05) is 13.7 Å². The van der Waals surface area contributed by atoms with Gasteiger partial charge in [0.1, 0.15) is 0 Å². The molecule has 0 saturated heterocycles. The molecule has 0 spiro atoms. The monoisotopic (exact) mass is 322 g/mol. The van der Waals surface area contributed by atoms with Crippen molar-refractivity contribution < 1.29 is 9.53 Å². The van der Waals surface area contributed by atoms with E-state index in [0.717, 1.165) is 11.3 Å². The Morgan fingerprint density at radius 3 is 2.46 bits per heavy atom. The quantitative estimate of drug-likeness (QED) is 0.756. The Bertz CT molecular complexity index is 787. The van der Waals surface area contributed by atoms with Crippen molar-refractivity contribution in [3.63, 3.8) is 0 Å². The van der Waals surface area contributed by atoms with Gasteiger partial charge in [0, 0.05) is 13.7 Å². The van der Waals surface area contributed by atoms with E-state index in [1.807, 2.05) is 60.7 Å². The van der Waals surface area contributed by atoms with E-state index < -0.39 is 0 Å². The number of rotatable bonds is 6. The molecule has 0 radical (unpaired) electrons. The number of ether oxygens (including phenoxy) is 1. The van der Waals surface area contributed by atoms with Crippen LogP contribution in [0.4, 0.5) is 0 Å². The number of benzene rings is 2. The summed E-state index contributed by atoms with van der Waals surface area (Å²) in [6, 6.07) is 19.2. The Balaban J connectivity index is 1.64. The van der Waals surface area contributed by atoms with Crippen LogP contribution in [0.2, 0.25) is 0 Å². The molecule has 0 aliphatic carbocycles. The first-order chi connectivity index (χ1) is 11.8. The third-order valence-electron chi connectivity index (χ3n) is 3.62. The van der Waals surface area contributed by atoms with E-state index in [1.54, 1.807) is 7.11 Å².